The first-order valence-electron chi connectivity index (χ1n) is 10.4. The highest BCUT2D eigenvalue weighted by molar-refractivity contribution is 14.0. The lowest BCUT2D eigenvalue weighted by atomic mass is 10.1. The van der Waals surface area contributed by atoms with Crippen LogP contribution in [0.15, 0.2) is 27.8 Å². The molecule has 9 heteroatoms. The Kier molecular flexibility index (Phi) is 10.2. The van der Waals surface area contributed by atoms with Crippen LogP contribution < -0.4 is 5.32 Å². The maximum atomic E-state index is 12.5. The number of carbonyl (C=O) groups excluding carboxylic acids is 1. The van der Waals surface area contributed by atoms with Gasteiger partial charge in [0.05, 0.1) is 19.4 Å². The van der Waals surface area contributed by atoms with Gasteiger partial charge in [0.25, 0.3) is 0 Å². The molecule has 1 atom stereocenters. The van der Waals surface area contributed by atoms with E-state index in [0.29, 0.717) is 12.3 Å². The van der Waals surface area contributed by atoms with Crippen molar-refractivity contribution in [1.82, 2.24) is 20.0 Å². The molecule has 2 saturated heterocycles. The lowest BCUT2D eigenvalue weighted by molar-refractivity contribution is -0.133. The second-order valence-electron chi connectivity index (χ2n) is 7.43. The average Bonchev–Trinajstić information content (AvgIpc) is 3.27. The zero-order chi connectivity index (χ0) is 19.8. The summed E-state index contributed by atoms with van der Waals surface area (Å²) in [6, 6.07) is 3.52. The topological polar surface area (TPSA) is 84.5 Å². The maximum Gasteiger partial charge on any atom is 0.236 e. The Morgan fingerprint density at radius 2 is 1.90 bits per heavy atom. The quantitative estimate of drug-likeness (QED) is 0.337. The fraction of sp³-hybridized carbons (Fsp3) is 0.700. The van der Waals surface area contributed by atoms with E-state index in [4.69, 9.17) is 4.42 Å². The molecule has 1 unspecified atom stereocenters. The van der Waals surface area contributed by atoms with Gasteiger partial charge in [-0.25, -0.2) is 4.99 Å². The molecule has 1 aromatic heterocycles. The third-order valence-electron chi connectivity index (χ3n) is 5.36. The highest BCUT2D eigenvalue weighted by Gasteiger charge is 2.24. The van der Waals surface area contributed by atoms with E-state index < -0.39 is 6.10 Å². The largest absolute Gasteiger partial charge is 0.467 e. The van der Waals surface area contributed by atoms with Crippen molar-refractivity contribution in [1.29, 1.82) is 0 Å². The van der Waals surface area contributed by atoms with Crippen LogP contribution in [0, 0.1) is 0 Å². The lowest BCUT2D eigenvalue weighted by Crippen LogP contribution is -2.54. The van der Waals surface area contributed by atoms with Gasteiger partial charge in [0.15, 0.2) is 5.96 Å². The zero-order valence-electron chi connectivity index (χ0n) is 17.3. The normalized spacial score (nSPS) is 19.6. The number of amides is 1. The molecule has 2 aliphatic heterocycles. The summed E-state index contributed by atoms with van der Waals surface area (Å²) in [5.74, 6) is 1.59. The maximum absolute atomic E-state index is 12.5. The molecule has 0 bridgehead atoms. The van der Waals surface area contributed by atoms with E-state index in [1.165, 1.54) is 6.42 Å². The summed E-state index contributed by atoms with van der Waals surface area (Å²) in [7, 11) is 0. The van der Waals surface area contributed by atoms with Crippen molar-refractivity contribution in [3.05, 3.63) is 24.2 Å². The number of hydrogen-bond donors (Lipinski definition) is 2. The summed E-state index contributed by atoms with van der Waals surface area (Å²) < 4.78 is 5.24. The molecular weight excluding hydrogens is 485 g/mol. The van der Waals surface area contributed by atoms with Crippen LogP contribution in [0.4, 0.5) is 0 Å². The van der Waals surface area contributed by atoms with Crippen molar-refractivity contribution in [3.8, 4) is 0 Å². The first kappa shape index (κ1) is 23.9. The van der Waals surface area contributed by atoms with Crippen LogP contribution in [0.25, 0.3) is 0 Å². The molecule has 1 amide bonds. The Bertz CT molecular complexity index is 626. The van der Waals surface area contributed by atoms with Gasteiger partial charge in [0.2, 0.25) is 5.91 Å². The molecule has 8 nitrogen and oxygen atoms in total. The Morgan fingerprint density at radius 3 is 2.52 bits per heavy atom. The second-order valence-corrected chi connectivity index (χ2v) is 7.43. The van der Waals surface area contributed by atoms with Crippen molar-refractivity contribution in [2.75, 3.05) is 58.9 Å². The van der Waals surface area contributed by atoms with Crippen LogP contribution in [-0.4, -0.2) is 90.6 Å². The van der Waals surface area contributed by atoms with Gasteiger partial charge in [-0.1, -0.05) is 0 Å². The van der Waals surface area contributed by atoms with Crippen molar-refractivity contribution in [3.63, 3.8) is 0 Å². The molecule has 0 radical (unpaired) electrons. The molecule has 2 N–H and O–H groups in total. The number of aliphatic hydroxyl groups is 1. The molecule has 0 aromatic carbocycles. The molecule has 2 aliphatic rings. The highest BCUT2D eigenvalue weighted by atomic mass is 127. The van der Waals surface area contributed by atoms with Crippen molar-refractivity contribution >= 4 is 35.8 Å². The van der Waals surface area contributed by atoms with E-state index in [9.17, 15) is 9.90 Å². The summed E-state index contributed by atoms with van der Waals surface area (Å²) in [4.78, 5) is 23.5. The van der Waals surface area contributed by atoms with Gasteiger partial charge in [-0.2, -0.15) is 0 Å². The van der Waals surface area contributed by atoms with E-state index >= 15 is 0 Å². The van der Waals surface area contributed by atoms with Crippen molar-refractivity contribution in [2.24, 2.45) is 4.99 Å². The molecule has 3 heterocycles. The van der Waals surface area contributed by atoms with Crippen LogP contribution in [0.5, 0.6) is 0 Å². The zero-order valence-corrected chi connectivity index (χ0v) is 19.6. The number of furan rings is 1. The summed E-state index contributed by atoms with van der Waals surface area (Å²) >= 11 is 0. The third-order valence-corrected chi connectivity index (χ3v) is 5.36. The predicted octanol–water partition coefficient (Wildman–Crippen LogP) is 1.53. The molecule has 0 spiro atoms. The first-order valence-corrected chi connectivity index (χ1v) is 10.4. The summed E-state index contributed by atoms with van der Waals surface area (Å²) in [5.41, 5.74) is 0. The predicted molar refractivity (Wildman–Crippen MR) is 124 cm³/mol. The Hall–Kier alpha value is -1.33. The van der Waals surface area contributed by atoms with E-state index in [1.807, 2.05) is 11.8 Å². The summed E-state index contributed by atoms with van der Waals surface area (Å²) in [6.45, 7) is 8.70. The van der Waals surface area contributed by atoms with E-state index in [0.717, 1.165) is 64.6 Å². The number of hydrogen-bond acceptors (Lipinski definition) is 5. The van der Waals surface area contributed by atoms with Crippen LogP contribution in [0.2, 0.25) is 0 Å². The number of piperazine rings is 1. The molecule has 0 saturated carbocycles. The Labute approximate surface area is 190 Å². The van der Waals surface area contributed by atoms with Gasteiger partial charge in [-0.3, -0.25) is 9.69 Å². The molecule has 3 rings (SSSR count). The van der Waals surface area contributed by atoms with Crippen molar-refractivity contribution < 1.29 is 14.3 Å². The summed E-state index contributed by atoms with van der Waals surface area (Å²) in [6.07, 6.45) is 4.31. The van der Waals surface area contributed by atoms with Gasteiger partial charge < -0.3 is 24.6 Å². The number of guanidine groups is 1. The van der Waals surface area contributed by atoms with Crippen LogP contribution in [0.1, 0.15) is 38.1 Å². The van der Waals surface area contributed by atoms with Gasteiger partial charge in [-0.15, -0.1) is 24.0 Å². The standard InChI is InChI=1S/C20H33N5O3.HI/c1-2-21-20(22-15-17(26)18-7-6-14-28-18)25-12-10-23(11-13-25)16-19(27)24-8-4-3-5-9-24;/h6-7,14,17,26H,2-5,8-13,15-16H2,1H3,(H,21,22);1H. The monoisotopic (exact) mass is 519 g/mol. The van der Waals surface area contributed by atoms with Gasteiger partial charge in [0.1, 0.15) is 11.9 Å². The van der Waals surface area contributed by atoms with Crippen LogP contribution in [-0.2, 0) is 4.79 Å². The number of halogens is 1. The Balaban J connectivity index is 0.00000300. The lowest BCUT2D eigenvalue weighted by Gasteiger charge is -2.37. The minimum Gasteiger partial charge on any atom is -0.467 e. The number of nitrogens with one attached hydrogen (secondary N) is 1. The van der Waals surface area contributed by atoms with Crippen molar-refractivity contribution in [2.45, 2.75) is 32.3 Å². The molecular formula is C20H34IN5O3. The number of aliphatic imine (C=N–C) groups is 1. The smallest absolute Gasteiger partial charge is 0.236 e. The molecule has 0 aliphatic carbocycles. The van der Waals surface area contributed by atoms with Gasteiger partial charge in [0, 0.05) is 45.8 Å². The van der Waals surface area contributed by atoms with E-state index in [1.54, 1.807) is 18.4 Å². The minimum atomic E-state index is -0.743. The van der Waals surface area contributed by atoms with Crippen LogP contribution in [0.3, 0.4) is 0 Å². The minimum absolute atomic E-state index is 0. The van der Waals surface area contributed by atoms with E-state index in [-0.39, 0.29) is 36.4 Å². The number of carbonyl (C=O) groups is 1. The third kappa shape index (κ3) is 7.14. The fourth-order valence-electron chi connectivity index (χ4n) is 3.72. The first-order chi connectivity index (χ1) is 13.7. The average molecular weight is 519 g/mol. The highest BCUT2D eigenvalue weighted by Crippen LogP contribution is 2.14. The van der Waals surface area contributed by atoms with Gasteiger partial charge >= 0.3 is 0 Å². The molecule has 164 valence electrons. The molecule has 1 aromatic rings. The number of piperidine rings is 1. The fourth-order valence-corrected chi connectivity index (χ4v) is 3.72. The Morgan fingerprint density at radius 1 is 1.17 bits per heavy atom. The second kappa shape index (κ2) is 12.4. The van der Waals surface area contributed by atoms with Gasteiger partial charge in [-0.05, 0) is 38.3 Å². The molecule has 29 heavy (non-hydrogen) atoms. The number of rotatable bonds is 6. The number of aliphatic hydroxyl groups excluding tert-OH is 1. The number of nitrogens with zero attached hydrogens (tertiary/aromatic N) is 4. The SMILES string of the molecule is CCNC(=NCC(O)c1ccco1)N1CCN(CC(=O)N2CCCCC2)CC1.I. The number of likely N-dealkylation sites (tertiary alicyclic amines) is 1. The van der Waals surface area contributed by atoms with E-state index in [2.05, 4.69) is 20.1 Å². The summed E-state index contributed by atoms with van der Waals surface area (Å²) in [5, 5.41) is 13.5. The van der Waals surface area contributed by atoms with Crippen LogP contribution >= 0.6 is 24.0 Å². The molecule has 2 fully saturated rings.